The van der Waals surface area contributed by atoms with Crippen LogP contribution in [-0.2, 0) is 4.79 Å². The number of hydrogen-bond acceptors (Lipinski definition) is 4. The lowest BCUT2D eigenvalue weighted by atomic mass is 9.94. The number of para-hydroxylation sites is 2. The zero-order chi connectivity index (χ0) is 19.4. The van der Waals surface area contributed by atoms with Gasteiger partial charge in [-0.1, -0.05) is 41.9 Å². The minimum Gasteiger partial charge on any atom is -0.366 e. The zero-order valence-corrected chi connectivity index (χ0v) is 15.9. The summed E-state index contributed by atoms with van der Waals surface area (Å²) in [5.41, 5.74) is 1.61. The molecule has 27 heavy (non-hydrogen) atoms. The highest BCUT2D eigenvalue weighted by Crippen LogP contribution is 2.31. The molecular weight excluding hydrogens is 366 g/mol. The van der Waals surface area contributed by atoms with Crippen molar-refractivity contribution in [2.24, 2.45) is 5.92 Å². The fourth-order valence-corrected chi connectivity index (χ4v) is 3.80. The second kappa shape index (κ2) is 8.39. The van der Waals surface area contributed by atoms with Gasteiger partial charge in [0.1, 0.15) is 5.69 Å². The van der Waals surface area contributed by atoms with E-state index in [9.17, 15) is 14.9 Å². The van der Waals surface area contributed by atoms with Gasteiger partial charge in [-0.05, 0) is 37.5 Å². The third-order valence-electron chi connectivity index (χ3n) is 5.02. The number of piperidine rings is 1. The highest BCUT2D eigenvalue weighted by atomic mass is 35.5. The Kier molecular flexibility index (Phi) is 5.96. The number of amides is 1. The molecule has 0 aliphatic carbocycles. The SMILES string of the molecule is C[C@@H](NC(=O)C1CCN(c2ccccc2[N+](=O)[O-])CC1)c1ccccc1Cl. The second-order valence-electron chi connectivity index (χ2n) is 6.76. The Hall–Kier alpha value is -2.60. The van der Waals surface area contributed by atoms with Crippen molar-refractivity contribution in [1.29, 1.82) is 0 Å². The maximum atomic E-state index is 12.6. The lowest BCUT2D eigenvalue weighted by Gasteiger charge is -2.33. The van der Waals surface area contributed by atoms with Crippen molar-refractivity contribution in [2.45, 2.75) is 25.8 Å². The van der Waals surface area contributed by atoms with Gasteiger partial charge in [-0.2, -0.15) is 0 Å². The van der Waals surface area contributed by atoms with Gasteiger partial charge in [-0.25, -0.2) is 0 Å². The van der Waals surface area contributed by atoms with E-state index in [1.807, 2.05) is 36.1 Å². The molecule has 0 saturated carbocycles. The first kappa shape index (κ1) is 19.2. The number of nitro benzene ring substituents is 1. The number of hydrogen-bond donors (Lipinski definition) is 1. The summed E-state index contributed by atoms with van der Waals surface area (Å²) >= 11 is 6.20. The van der Waals surface area contributed by atoms with E-state index in [1.165, 1.54) is 6.07 Å². The van der Waals surface area contributed by atoms with Crippen molar-refractivity contribution >= 4 is 28.9 Å². The predicted octanol–water partition coefficient (Wildman–Crippen LogP) is 4.34. The highest BCUT2D eigenvalue weighted by molar-refractivity contribution is 6.31. The quantitative estimate of drug-likeness (QED) is 0.611. The van der Waals surface area contributed by atoms with Crippen molar-refractivity contribution in [3.8, 4) is 0 Å². The average Bonchev–Trinajstić information content (AvgIpc) is 2.68. The van der Waals surface area contributed by atoms with E-state index in [0.717, 1.165) is 5.56 Å². The number of carbonyl (C=O) groups is 1. The van der Waals surface area contributed by atoms with Crippen LogP contribution in [0.1, 0.15) is 31.4 Å². The summed E-state index contributed by atoms with van der Waals surface area (Å²) in [4.78, 5) is 25.5. The molecule has 1 amide bonds. The number of nitrogens with zero attached hydrogens (tertiary/aromatic N) is 2. The van der Waals surface area contributed by atoms with E-state index in [-0.39, 0.29) is 28.5 Å². The molecule has 142 valence electrons. The van der Waals surface area contributed by atoms with Crippen molar-refractivity contribution < 1.29 is 9.72 Å². The standard InChI is InChI=1S/C20H22ClN3O3/c1-14(16-6-2-3-7-17(16)21)22-20(25)15-10-12-23(13-11-15)18-8-4-5-9-19(18)24(26)27/h2-9,14-15H,10-13H2,1H3,(H,22,25)/t14-/m1/s1. The molecule has 2 aromatic rings. The molecule has 1 fully saturated rings. The third-order valence-corrected chi connectivity index (χ3v) is 5.36. The molecule has 1 atom stereocenters. The molecular formula is C20H22ClN3O3. The molecule has 0 radical (unpaired) electrons. The van der Waals surface area contributed by atoms with E-state index in [0.29, 0.717) is 36.6 Å². The monoisotopic (exact) mass is 387 g/mol. The Morgan fingerprint density at radius 1 is 1.19 bits per heavy atom. The minimum absolute atomic E-state index is 0.00429. The van der Waals surface area contributed by atoms with E-state index < -0.39 is 0 Å². The predicted molar refractivity (Wildman–Crippen MR) is 106 cm³/mol. The van der Waals surface area contributed by atoms with Crippen LogP contribution >= 0.6 is 11.6 Å². The van der Waals surface area contributed by atoms with Gasteiger partial charge in [-0.15, -0.1) is 0 Å². The summed E-state index contributed by atoms with van der Waals surface area (Å²) in [7, 11) is 0. The first-order valence-corrected chi connectivity index (χ1v) is 9.38. The van der Waals surface area contributed by atoms with Crippen LogP contribution in [-0.4, -0.2) is 23.9 Å². The second-order valence-corrected chi connectivity index (χ2v) is 7.17. The molecule has 0 spiro atoms. The number of carbonyl (C=O) groups excluding carboxylic acids is 1. The number of nitrogens with one attached hydrogen (secondary N) is 1. The molecule has 1 N–H and O–H groups in total. The van der Waals surface area contributed by atoms with Crippen LogP contribution in [0.3, 0.4) is 0 Å². The van der Waals surface area contributed by atoms with Crippen LogP contribution in [0.4, 0.5) is 11.4 Å². The largest absolute Gasteiger partial charge is 0.366 e. The van der Waals surface area contributed by atoms with Crippen LogP contribution in [0.25, 0.3) is 0 Å². The van der Waals surface area contributed by atoms with E-state index in [4.69, 9.17) is 11.6 Å². The van der Waals surface area contributed by atoms with Crippen molar-refractivity contribution in [3.63, 3.8) is 0 Å². The van der Waals surface area contributed by atoms with Gasteiger partial charge in [0.2, 0.25) is 5.91 Å². The number of rotatable bonds is 5. The summed E-state index contributed by atoms with van der Waals surface area (Å²) in [5.74, 6) is -0.0985. The normalized spacial score (nSPS) is 16.0. The molecule has 1 saturated heterocycles. The molecule has 1 aliphatic rings. The Labute approximate surface area is 163 Å². The van der Waals surface area contributed by atoms with E-state index in [2.05, 4.69) is 5.32 Å². The van der Waals surface area contributed by atoms with Gasteiger partial charge in [0.05, 0.1) is 11.0 Å². The molecule has 1 heterocycles. The molecule has 1 aliphatic heterocycles. The number of nitro groups is 1. The van der Waals surface area contributed by atoms with Crippen LogP contribution in [0.5, 0.6) is 0 Å². The number of halogens is 1. The van der Waals surface area contributed by atoms with E-state index in [1.54, 1.807) is 18.2 Å². The van der Waals surface area contributed by atoms with Gasteiger partial charge in [-0.3, -0.25) is 14.9 Å². The molecule has 6 nitrogen and oxygen atoms in total. The maximum absolute atomic E-state index is 12.6. The summed E-state index contributed by atoms with van der Waals surface area (Å²) in [6, 6.07) is 14.0. The van der Waals surface area contributed by atoms with Gasteiger partial charge >= 0.3 is 0 Å². The number of benzene rings is 2. The third kappa shape index (κ3) is 4.39. The maximum Gasteiger partial charge on any atom is 0.292 e. The smallest absolute Gasteiger partial charge is 0.292 e. The van der Waals surface area contributed by atoms with E-state index >= 15 is 0 Å². The average molecular weight is 388 g/mol. The fourth-order valence-electron chi connectivity index (χ4n) is 3.50. The number of anilines is 1. The lowest BCUT2D eigenvalue weighted by molar-refractivity contribution is -0.384. The molecule has 0 unspecified atom stereocenters. The summed E-state index contributed by atoms with van der Waals surface area (Å²) in [6.45, 7) is 3.15. The Morgan fingerprint density at radius 3 is 2.48 bits per heavy atom. The van der Waals surface area contributed by atoms with Gasteiger partial charge in [0.25, 0.3) is 5.69 Å². The van der Waals surface area contributed by atoms with Gasteiger partial charge in [0, 0.05) is 30.1 Å². The van der Waals surface area contributed by atoms with Gasteiger partial charge < -0.3 is 10.2 Å². The van der Waals surface area contributed by atoms with Crippen molar-refractivity contribution in [1.82, 2.24) is 5.32 Å². The van der Waals surface area contributed by atoms with Crippen LogP contribution in [0, 0.1) is 16.0 Å². The lowest BCUT2D eigenvalue weighted by Crippen LogP contribution is -2.41. The molecule has 7 heteroatoms. The molecule has 0 aromatic heterocycles. The Balaban J connectivity index is 1.60. The first-order valence-electron chi connectivity index (χ1n) is 9.00. The van der Waals surface area contributed by atoms with Crippen LogP contribution < -0.4 is 10.2 Å². The molecule has 0 bridgehead atoms. The first-order chi connectivity index (χ1) is 13.0. The van der Waals surface area contributed by atoms with Crippen LogP contribution in [0.2, 0.25) is 5.02 Å². The minimum atomic E-state index is -0.362. The van der Waals surface area contributed by atoms with Crippen LogP contribution in [0.15, 0.2) is 48.5 Å². The zero-order valence-electron chi connectivity index (χ0n) is 15.1. The van der Waals surface area contributed by atoms with Gasteiger partial charge in [0.15, 0.2) is 0 Å². The highest BCUT2D eigenvalue weighted by Gasteiger charge is 2.28. The topological polar surface area (TPSA) is 75.5 Å². The van der Waals surface area contributed by atoms with Crippen molar-refractivity contribution in [2.75, 3.05) is 18.0 Å². The molecule has 3 rings (SSSR count). The fraction of sp³-hybridized carbons (Fsp3) is 0.350. The summed E-state index contributed by atoms with van der Waals surface area (Å²) < 4.78 is 0. The Bertz CT molecular complexity index is 835. The van der Waals surface area contributed by atoms with Crippen molar-refractivity contribution in [3.05, 3.63) is 69.2 Å². The summed E-state index contributed by atoms with van der Waals surface area (Å²) in [6.07, 6.45) is 1.32. The molecule has 2 aromatic carbocycles. The Morgan fingerprint density at radius 2 is 1.81 bits per heavy atom. The summed E-state index contributed by atoms with van der Waals surface area (Å²) in [5, 5.41) is 14.9.